The molecular weight excluding hydrogens is 823 g/mol. The number of Topliss-reactive ketones (excluding diaryl/α,β-unsaturated/α-hetero) is 1. The molecule has 1 saturated carbocycles. The quantitative estimate of drug-likeness (QED) is 0.0542. The standard InChI is InChI=1S/C14H27NO.C9H16O.C9H20O.C9H12.C5H10.C2H5NO.C2H4O.3C2H6.CH3NO/c1-6-7-14(12(3)13(4)16)9-8-11(2)10-15-5;1-8(7-10)9-5-3-2-4-6-9;1-8(2)6-5-7-10-9(3)4;1-8(2)9-6-4-3-5-7-9;1-4-5(2)3;1-3-2-4;1-2-3;3*1-2;2-1-3/h11,14-15H,3,6-10H2,1-2,4-5H3;7-9H,2-6H2,1H3;8-9H,5-7H2,1-4H3;3-8H,1-2H3;2,4H2,1,3H3;2H,1H3,(H,3,4);2H,1H3;3*1-2H3;1H,(H2,2,3). The molecule has 0 radical (unpaired) electrons. The number of hydrogen-bond donors (Lipinski definition) is 3. The topological polar surface area (TPSA) is 145 Å². The Kier molecular flexibility index (Phi) is 91.6. The summed E-state index contributed by atoms with van der Waals surface area (Å²) in [7, 11) is 3.54. The van der Waals surface area contributed by atoms with Crippen LogP contribution in [0.4, 0.5) is 0 Å². The van der Waals surface area contributed by atoms with E-state index in [0.717, 1.165) is 69.3 Å². The zero-order chi connectivity index (χ0) is 53.7. The Morgan fingerprint density at radius 3 is 1.52 bits per heavy atom. The summed E-state index contributed by atoms with van der Waals surface area (Å²) in [5.41, 5.74) is 7.65. The van der Waals surface area contributed by atoms with Gasteiger partial charge in [0.1, 0.15) is 12.6 Å². The zero-order valence-corrected chi connectivity index (χ0v) is 47.6. The van der Waals surface area contributed by atoms with Gasteiger partial charge in [-0.25, -0.2) is 0 Å². The summed E-state index contributed by atoms with van der Waals surface area (Å²) < 4.78 is 5.39. The highest BCUT2D eigenvalue weighted by Crippen LogP contribution is 2.28. The molecular formula is C57H115N3O6. The largest absolute Gasteiger partial charge is 0.379 e. The number of benzene rings is 1. The fourth-order valence-electron chi connectivity index (χ4n) is 5.48. The van der Waals surface area contributed by atoms with Crippen LogP contribution in [0.15, 0.2) is 54.6 Å². The van der Waals surface area contributed by atoms with Gasteiger partial charge in [-0.15, -0.1) is 6.58 Å². The molecule has 2 amide bonds. The molecule has 9 nitrogen and oxygen atoms in total. The van der Waals surface area contributed by atoms with E-state index < -0.39 is 0 Å². The lowest BCUT2D eigenvalue weighted by Gasteiger charge is -2.23. The number of carbonyl (C=O) groups is 5. The van der Waals surface area contributed by atoms with E-state index in [-0.39, 0.29) is 12.2 Å². The first kappa shape index (κ1) is 82.7. The zero-order valence-electron chi connectivity index (χ0n) is 47.6. The van der Waals surface area contributed by atoms with Gasteiger partial charge in [-0.2, -0.15) is 0 Å². The van der Waals surface area contributed by atoms with Crippen molar-refractivity contribution in [2.75, 3.05) is 27.2 Å². The van der Waals surface area contributed by atoms with E-state index in [2.05, 4.69) is 116 Å². The number of nitrogens with two attached hydrogens (primary N) is 1. The number of amides is 2. The summed E-state index contributed by atoms with van der Waals surface area (Å²) in [6.45, 7) is 48.3. The minimum Gasteiger partial charge on any atom is -0.379 e. The smallest absolute Gasteiger partial charge is 0.206 e. The Bertz CT molecular complexity index is 1090. The highest BCUT2D eigenvalue weighted by Gasteiger charge is 2.19. The van der Waals surface area contributed by atoms with Crippen LogP contribution in [-0.4, -0.2) is 64.5 Å². The first-order valence-corrected chi connectivity index (χ1v) is 25.6. The van der Waals surface area contributed by atoms with Crippen molar-refractivity contribution in [2.45, 2.75) is 221 Å². The highest BCUT2D eigenvalue weighted by molar-refractivity contribution is 5.93. The molecule has 1 aliphatic rings. The molecule has 0 saturated heterocycles. The maximum Gasteiger partial charge on any atom is 0.206 e. The third kappa shape index (κ3) is 80.8. The molecule has 1 fully saturated rings. The molecule has 3 atom stereocenters. The van der Waals surface area contributed by atoms with Gasteiger partial charge < -0.3 is 30.7 Å². The summed E-state index contributed by atoms with van der Waals surface area (Å²) in [5.74, 6) is 3.69. The molecule has 0 aliphatic heterocycles. The summed E-state index contributed by atoms with van der Waals surface area (Å²) >= 11 is 0. The van der Waals surface area contributed by atoms with Crippen molar-refractivity contribution >= 4 is 31.2 Å². The van der Waals surface area contributed by atoms with Gasteiger partial charge in [0, 0.05) is 19.6 Å². The number of rotatable bonds is 19. The molecule has 1 aliphatic carbocycles. The molecule has 0 bridgehead atoms. The molecule has 4 N–H and O–H groups in total. The van der Waals surface area contributed by atoms with Crippen LogP contribution in [0.5, 0.6) is 0 Å². The van der Waals surface area contributed by atoms with Crippen LogP contribution >= 0.6 is 0 Å². The van der Waals surface area contributed by atoms with Crippen molar-refractivity contribution in [2.24, 2.45) is 35.3 Å². The minimum absolute atomic E-state index is 0.153. The molecule has 1 aromatic carbocycles. The summed E-state index contributed by atoms with van der Waals surface area (Å²) in [6.07, 6.45) is 17.8. The molecule has 0 heterocycles. The second-order valence-corrected chi connectivity index (χ2v) is 16.3. The Morgan fingerprint density at radius 2 is 1.23 bits per heavy atom. The van der Waals surface area contributed by atoms with E-state index in [1.807, 2.05) is 68.5 Å². The Balaban J connectivity index is -0.0000000832. The van der Waals surface area contributed by atoms with Gasteiger partial charge in [0.25, 0.3) is 0 Å². The van der Waals surface area contributed by atoms with Gasteiger partial charge in [0.15, 0.2) is 5.78 Å². The summed E-state index contributed by atoms with van der Waals surface area (Å²) in [5, 5.41) is 5.44. The van der Waals surface area contributed by atoms with Crippen LogP contribution in [0.1, 0.15) is 220 Å². The fraction of sp³-hybridized carbons (Fsp3) is 0.737. The van der Waals surface area contributed by atoms with Crippen LogP contribution in [0.25, 0.3) is 0 Å². The van der Waals surface area contributed by atoms with Crippen LogP contribution in [0.2, 0.25) is 0 Å². The molecule has 0 aromatic heterocycles. The molecule has 9 heteroatoms. The normalized spacial score (nSPS) is 11.8. The molecule has 66 heavy (non-hydrogen) atoms. The van der Waals surface area contributed by atoms with E-state index in [1.54, 1.807) is 14.0 Å². The van der Waals surface area contributed by atoms with Crippen molar-refractivity contribution in [3.63, 3.8) is 0 Å². The van der Waals surface area contributed by atoms with Crippen molar-refractivity contribution in [3.8, 4) is 0 Å². The molecule has 1 aromatic rings. The van der Waals surface area contributed by atoms with Gasteiger partial charge in [-0.3, -0.25) is 14.4 Å². The monoisotopic (exact) mass is 938 g/mol. The predicted octanol–water partition coefficient (Wildman–Crippen LogP) is 15.0. The van der Waals surface area contributed by atoms with Gasteiger partial charge in [0.2, 0.25) is 12.8 Å². The Labute approximate surface area is 412 Å². The Morgan fingerprint density at radius 1 is 0.788 bits per heavy atom. The van der Waals surface area contributed by atoms with E-state index in [1.165, 1.54) is 63.0 Å². The third-order valence-electron chi connectivity index (χ3n) is 9.32. The molecule has 2 rings (SSSR count). The van der Waals surface area contributed by atoms with E-state index in [4.69, 9.17) is 19.1 Å². The van der Waals surface area contributed by atoms with Gasteiger partial charge in [-0.05, 0) is 140 Å². The van der Waals surface area contributed by atoms with Gasteiger partial charge >= 0.3 is 0 Å². The van der Waals surface area contributed by atoms with Crippen molar-refractivity contribution in [3.05, 3.63) is 60.2 Å². The first-order chi connectivity index (χ1) is 31.3. The maximum atomic E-state index is 11.3. The fourth-order valence-corrected chi connectivity index (χ4v) is 5.48. The van der Waals surface area contributed by atoms with Crippen LogP contribution < -0.4 is 16.4 Å². The number of allylic oxidation sites excluding steroid dienone is 2. The average Bonchev–Trinajstić information content (AvgIpc) is 3.32. The maximum absolute atomic E-state index is 11.3. The second-order valence-electron chi connectivity index (χ2n) is 16.3. The molecule has 0 spiro atoms. The van der Waals surface area contributed by atoms with Crippen LogP contribution in [-0.2, 0) is 28.7 Å². The Hall–Kier alpha value is -3.43. The number of ketones is 1. The van der Waals surface area contributed by atoms with Crippen molar-refractivity contribution in [1.82, 2.24) is 10.6 Å². The second kappa shape index (κ2) is 73.1. The van der Waals surface area contributed by atoms with Crippen LogP contribution in [0, 0.1) is 29.6 Å². The number of nitrogens with one attached hydrogen (secondary N) is 2. The number of hydrogen-bond acceptors (Lipinski definition) is 7. The lowest BCUT2D eigenvalue weighted by atomic mass is 9.82. The summed E-state index contributed by atoms with van der Waals surface area (Å²) in [4.78, 5) is 48.2. The minimum atomic E-state index is 0.153. The van der Waals surface area contributed by atoms with Gasteiger partial charge in [-0.1, -0.05) is 165 Å². The number of ether oxygens (including phenoxy) is 1. The number of primary amides is 1. The summed E-state index contributed by atoms with van der Waals surface area (Å²) in [6, 6.07) is 10.5. The molecule has 394 valence electrons. The van der Waals surface area contributed by atoms with E-state index in [9.17, 15) is 9.59 Å². The van der Waals surface area contributed by atoms with E-state index >= 15 is 0 Å². The number of carbonyl (C=O) groups excluding carboxylic acids is 5. The molecule has 3 unspecified atom stereocenters. The average molecular weight is 939 g/mol. The van der Waals surface area contributed by atoms with Crippen molar-refractivity contribution < 1.29 is 28.7 Å². The SMILES string of the molecule is C=C(C(C)=O)C(CCC)CCC(C)CNC.C=C(C)CC.CC.CC.CC.CC(C)CCCOC(C)C.CC(C)c1ccccc1.CC(C=O)C1CCCCC1.CC=O.CNC=O.NC=O. The van der Waals surface area contributed by atoms with Crippen LogP contribution in [0.3, 0.4) is 0 Å². The van der Waals surface area contributed by atoms with E-state index in [0.29, 0.717) is 42.1 Å². The lowest BCUT2D eigenvalue weighted by Crippen LogP contribution is -2.18. The lowest BCUT2D eigenvalue weighted by molar-refractivity contribution is -0.114. The third-order valence-corrected chi connectivity index (χ3v) is 9.32. The first-order valence-electron chi connectivity index (χ1n) is 25.6. The van der Waals surface area contributed by atoms with Crippen molar-refractivity contribution in [1.29, 1.82) is 0 Å². The predicted molar refractivity (Wildman–Crippen MR) is 294 cm³/mol. The number of aldehydes is 2. The van der Waals surface area contributed by atoms with Gasteiger partial charge in [0.05, 0.1) is 6.10 Å². The highest BCUT2D eigenvalue weighted by atomic mass is 16.5.